The fraction of sp³-hybridized carbons (Fsp3) is 0.500. The topological polar surface area (TPSA) is 52.5 Å². The highest BCUT2D eigenvalue weighted by atomic mass is 35.5. The first-order valence-electron chi connectivity index (χ1n) is 5.26. The van der Waals surface area contributed by atoms with Gasteiger partial charge < -0.3 is 15.5 Å². The van der Waals surface area contributed by atoms with E-state index in [9.17, 15) is 10.2 Å². The van der Waals surface area contributed by atoms with Gasteiger partial charge in [-0.3, -0.25) is 0 Å². The number of hydrogen-bond acceptors (Lipinski definition) is 3. The van der Waals surface area contributed by atoms with Crippen LogP contribution in [-0.4, -0.2) is 28.9 Å². The Hall–Kier alpha value is -0.610. The molecule has 1 aromatic rings. The molecule has 0 saturated heterocycles. The predicted molar refractivity (Wildman–Crippen MR) is 65.6 cm³/mol. The Bertz CT molecular complexity index is 336. The first-order chi connectivity index (χ1) is 7.40. The molecule has 0 radical (unpaired) electrons. The van der Waals surface area contributed by atoms with Crippen molar-refractivity contribution in [3.8, 4) is 0 Å². The van der Waals surface area contributed by atoms with Crippen LogP contribution in [0.4, 0.5) is 0 Å². The number of hydrogen-bond donors (Lipinski definition) is 3. The quantitative estimate of drug-likeness (QED) is 0.738. The number of benzene rings is 1. The van der Waals surface area contributed by atoms with Crippen LogP contribution in [0.3, 0.4) is 0 Å². The van der Waals surface area contributed by atoms with Crippen molar-refractivity contribution >= 4 is 11.6 Å². The molecule has 3 N–H and O–H groups in total. The molecule has 0 aliphatic carbocycles. The summed E-state index contributed by atoms with van der Waals surface area (Å²) in [7, 11) is 0. The van der Waals surface area contributed by atoms with Crippen molar-refractivity contribution in [1.29, 1.82) is 0 Å². The lowest BCUT2D eigenvalue weighted by molar-refractivity contribution is 0.0740. The third-order valence-corrected chi connectivity index (χ3v) is 2.50. The fourth-order valence-corrected chi connectivity index (χ4v) is 1.63. The summed E-state index contributed by atoms with van der Waals surface area (Å²) in [6, 6.07) is 7.19. The summed E-state index contributed by atoms with van der Waals surface area (Å²) in [5.41, 5.74) is -0.0763. The lowest BCUT2D eigenvalue weighted by Crippen LogP contribution is -2.36. The molecule has 0 bridgehead atoms. The zero-order valence-electron chi connectivity index (χ0n) is 9.57. The van der Waals surface area contributed by atoms with Crippen LogP contribution >= 0.6 is 11.6 Å². The van der Waals surface area contributed by atoms with E-state index in [1.54, 1.807) is 26.0 Å². The van der Waals surface area contributed by atoms with Crippen molar-refractivity contribution in [3.63, 3.8) is 0 Å². The summed E-state index contributed by atoms with van der Waals surface area (Å²) >= 11 is 5.95. The Morgan fingerprint density at radius 2 is 2.00 bits per heavy atom. The number of aliphatic hydroxyl groups excluding tert-OH is 1. The normalized spacial score (nSPS) is 13.8. The van der Waals surface area contributed by atoms with Crippen molar-refractivity contribution in [1.82, 2.24) is 5.32 Å². The molecule has 3 nitrogen and oxygen atoms in total. The van der Waals surface area contributed by atoms with E-state index in [1.807, 2.05) is 12.1 Å². The summed E-state index contributed by atoms with van der Waals surface area (Å²) in [5.74, 6) is 0. The molecule has 0 aromatic heterocycles. The second-order valence-corrected chi connectivity index (χ2v) is 4.89. The molecule has 0 saturated carbocycles. The minimum absolute atomic E-state index is 0.369. The summed E-state index contributed by atoms with van der Waals surface area (Å²) < 4.78 is 0. The van der Waals surface area contributed by atoms with E-state index in [0.29, 0.717) is 23.7 Å². The monoisotopic (exact) mass is 243 g/mol. The van der Waals surface area contributed by atoms with Crippen LogP contribution in [0.1, 0.15) is 25.5 Å². The maximum absolute atomic E-state index is 9.87. The van der Waals surface area contributed by atoms with Crippen LogP contribution in [0, 0.1) is 0 Å². The van der Waals surface area contributed by atoms with Gasteiger partial charge in [0.15, 0.2) is 0 Å². The standard InChI is InChI=1S/C12H18ClNO2/c1-12(2,16)8-14-7-11(15)9-5-3-4-6-10(9)13/h3-6,11,14-16H,7-8H2,1-2H3. The molecule has 1 aromatic carbocycles. The summed E-state index contributed by atoms with van der Waals surface area (Å²) in [5, 5.41) is 22.9. The fourth-order valence-electron chi connectivity index (χ4n) is 1.37. The first-order valence-corrected chi connectivity index (χ1v) is 5.63. The highest BCUT2D eigenvalue weighted by Crippen LogP contribution is 2.21. The van der Waals surface area contributed by atoms with E-state index in [0.717, 1.165) is 0 Å². The molecule has 16 heavy (non-hydrogen) atoms. The van der Waals surface area contributed by atoms with E-state index in [1.165, 1.54) is 0 Å². The van der Waals surface area contributed by atoms with E-state index in [-0.39, 0.29) is 0 Å². The van der Waals surface area contributed by atoms with Crippen LogP contribution in [-0.2, 0) is 0 Å². The van der Waals surface area contributed by atoms with Crippen molar-refractivity contribution in [2.45, 2.75) is 25.6 Å². The maximum atomic E-state index is 9.87. The van der Waals surface area contributed by atoms with Crippen LogP contribution in [0.15, 0.2) is 24.3 Å². The van der Waals surface area contributed by atoms with Gasteiger partial charge in [0.25, 0.3) is 0 Å². The predicted octanol–water partition coefficient (Wildman–Crippen LogP) is 1.73. The maximum Gasteiger partial charge on any atom is 0.0928 e. The second-order valence-electron chi connectivity index (χ2n) is 4.48. The van der Waals surface area contributed by atoms with Gasteiger partial charge in [0.1, 0.15) is 0 Å². The highest BCUT2D eigenvalue weighted by molar-refractivity contribution is 6.31. The van der Waals surface area contributed by atoms with Gasteiger partial charge in [0.05, 0.1) is 11.7 Å². The molecule has 0 spiro atoms. The van der Waals surface area contributed by atoms with Gasteiger partial charge in [-0.1, -0.05) is 29.8 Å². The lowest BCUT2D eigenvalue weighted by Gasteiger charge is -2.20. The Morgan fingerprint density at radius 3 is 2.56 bits per heavy atom. The molecule has 1 rings (SSSR count). The summed E-state index contributed by atoms with van der Waals surface area (Å²) in [4.78, 5) is 0. The molecular formula is C12H18ClNO2. The Kier molecular flexibility index (Phi) is 4.74. The Morgan fingerprint density at radius 1 is 1.38 bits per heavy atom. The number of aliphatic hydroxyl groups is 2. The van der Waals surface area contributed by atoms with Gasteiger partial charge in [0, 0.05) is 23.7 Å². The van der Waals surface area contributed by atoms with Crippen LogP contribution in [0.2, 0.25) is 5.02 Å². The van der Waals surface area contributed by atoms with Gasteiger partial charge in [-0.05, 0) is 19.9 Å². The second kappa shape index (κ2) is 5.64. The third-order valence-electron chi connectivity index (χ3n) is 2.16. The third kappa shape index (κ3) is 4.49. The molecular weight excluding hydrogens is 226 g/mol. The van der Waals surface area contributed by atoms with E-state index < -0.39 is 11.7 Å². The molecule has 0 heterocycles. The van der Waals surface area contributed by atoms with Crippen LogP contribution in [0.5, 0.6) is 0 Å². The molecule has 1 unspecified atom stereocenters. The van der Waals surface area contributed by atoms with Gasteiger partial charge in [-0.15, -0.1) is 0 Å². The van der Waals surface area contributed by atoms with Crippen molar-refractivity contribution in [3.05, 3.63) is 34.9 Å². The van der Waals surface area contributed by atoms with Gasteiger partial charge in [-0.2, -0.15) is 0 Å². The highest BCUT2D eigenvalue weighted by Gasteiger charge is 2.14. The Labute approximate surface area is 101 Å². The van der Waals surface area contributed by atoms with E-state index in [2.05, 4.69) is 5.32 Å². The zero-order valence-corrected chi connectivity index (χ0v) is 10.3. The lowest BCUT2D eigenvalue weighted by atomic mass is 10.1. The summed E-state index contributed by atoms with van der Waals surface area (Å²) in [6.07, 6.45) is -0.656. The van der Waals surface area contributed by atoms with Crippen molar-refractivity contribution in [2.75, 3.05) is 13.1 Å². The van der Waals surface area contributed by atoms with Crippen LogP contribution < -0.4 is 5.32 Å². The van der Waals surface area contributed by atoms with Crippen LogP contribution in [0.25, 0.3) is 0 Å². The smallest absolute Gasteiger partial charge is 0.0928 e. The minimum Gasteiger partial charge on any atom is -0.389 e. The largest absolute Gasteiger partial charge is 0.389 e. The SMILES string of the molecule is CC(C)(O)CNCC(O)c1ccccc1Cl. The first kappa shape index (κ1) is 13.5. The Balaban J connectivity index is 2.47. The molecule has 0 aliphatic heterocycles. The molecule has 1 atom stereocenters. The number of halogens is 1. The number of rotatable bonds is 5. The van der Waals surface area contributed by atoms with E-state index >= 15 is 0 Å². The number of nitrogens with one attached hydrogen (secondary N) is 1. The molecule has 0 amide bonds. The molecule has 0 fully saturated rings. The minimum atomic E-state index is -0.778. The van der Waals surface area contributed by atoms with Gasteiger partial charge in [0.2, 0.25) is 0 Å². The zero-order chi connectivity index (χ0) is 12.2. The molecule has 0 aliphatic rings. The van der Waals surface area contributed by atoms with Gasteiger partial charge in [-0.25, -0.2) is 0 Å². The summed E-state index contributed by atoms with van der Waals surface area (Å²) in [6.45, 7) is 4.21. The van der Waals surface area contributed by atoms with Gasteiger partial charge >= 0.3 is 0 Å². The van der Waals surface area contributed by atoms with Crippen molar-refractivity contribution in [2.24, 2.45) is 0 Å². The average molecular weight is 244 g/mol. The van der Waals surface area contributed by atoms with Crippen molar-refractivity contribution < 1.29 is 10.2 Å². The van der Waals surface area contributed by atoms with E-state index in [4.69, 9.17) is 11.6 Å². The average Bonchev–Trinajstić information content (AvgIpc) is 2.16. The molecule has 90 valence electrons. The molecule has 4 heteroatoms.